The molecule has 0 saturated heterocycles. The largest absolute Gasteiger partial charge is 0.493 e. The maximum atomic E-state index is 5.73. The second-order valence-corrected chi connectivity index (χ2v) is 3.71. The molecular formula is C14H20O3. The van der Waals surface area contributed by atoms with Crippen LogP contribution in [0.15, 0.2) is 18.7 Å². The van der Waals surface area contributed by atoms with E-state index >= 15 is 0 Å². The average Bonchev–Trinajstić information content (AvgIpc) is 2.31. The van der Waals surface area contributed by atoms with Gasteiger partial charge in [-0.3, -0.25) is 0 Å². The Balaban J connectivity index is 3.01. The molecule has 0 radical (unpaired) electrons. The summed E-state index contributed by atoms with van der Waals surface area (Å²) in [5, 5.41) is 0. The van der Waals surface area contributed by atoms with Gasteiger partial charge in [-0.2, -0.15) is 0 Å². The first-order chi connectivity index (χ1) is 8.12. The minimum absolute atomic E-state index is 0.290. The van der Waals surface area contributed by atoms with Crippen LogP contribution < -0.4 is 9.47 Å². The van der Waals surface area contributed by atoms with E-state index in [9.17, 15) is 0 Å². The summed E-state index contributed by atoms with van der Waals surface area (Å²) in [5.74, 6) is 1.42. The molecule has 17 heavy (non-hydrogen) atoms. The van der Waals surface area contributed by atoms with E-state index in [4.69, 9.17) is 14.2 Å². The third-order valence-electron chi connectivity index (χ3n) is 2.40. The van der Waals surface area contributed by atoms with Gasteiger partial charge < -0.3 is 14.2 Å². The Morgan fingerprint density at radius 2 is 2.12 bits per heavy atom. The first kappa shape index (κ1) is 13.6. The molecule has 1 atom stereocenters. The summed E-state index contributed by atoms with van der Waals surface area (Å²) < 4.78 is 16.4. The highest BCUT2D eigenvalue weighted by atomic mass is 16.7. The van der Waals surface area contributed by atoms with Crippen molar-refractivity contribution >= 4 is 6.08 Å². The zero-order valence-corrected chi connectivity index (χ0v) is 10.9. The maximum absolute atomic E-state index is 5.73. The lowest BCUT2D eigenvalue weighted by Gasteiger charge is -2.19. The molecule has 0 spiro atoms. The minimum Gasteiger partial charge on any atom is -0.493 e. The van der Waals surface area contributed by atoms with Crippen molar-refractivity contribution in [3.8, 4) is 11.5 Å². The molecule has 0 aliphatic carbocycles. The summed E-state index contributed by atoms with van der Waals surface area (Å²) in [4.78, 5) is 0. The molecule has 1 rings (SSSR count). The molecule has 3 nitrogen and oxygen atoms in total. The summed E-state index contributed by atoms with van der Waals surface area (Å²) in [6.07, 6.45) is 1.49. The molecule has 1 aromatic rings. The number of rotatable bonds is 6. The van der Waals surface area contributed by atoms with Gasteiger partial charge in [-0.1, -0.05) is 12.7 Å². The van der Waals surface area contributed by atoms with E-state index in [1.807, 2.05) is 32.9 Å². The Kier molecular flexibility index (Phi) is 5.04. The van der Waals surface area contributed by atoms with Gasteiger partial charge in [0.15, 0.2) is 17.8 Å². The SMILES string of the molecule is C=Cc1cc(C)c(OC(C)OCC)c(OC)c1. The third kappa shape index (κ3) is 3.49. The van der Waals surface area contributed by atoms with Gasteiger partial charge in [0.1, 0.15) is 0 Å². The molecule has 0 N–H and O–H groups in total. The molecule has 3 heteroatoms. The van der Waals surface area contributed by atoms with E-state index in [2.05, 4.69) is 6.58 Å². The quantitative estimate of drug-likeness (QED) is 0.708. The fraction of sp³-hybridized carbons (Fsp3) is 0.429. The molecule has 1 unspecified atom stereocenters. The van der Waals surface area contributed by atoms with Crippen LogP contribution >= 0.6 is 0 Å². The first-order valence-electron chi connectivity index (χ1n) is 5.71. The molecular weight excluding hydrogens is 216 g/mol. The van der Waals surface area contributed by atoms with Crippen molar-refractivity contribution in [2.24, 2.45) is 0 Å². The van der Waals surface area contributed by atoms with Gasteiger partial charge in [0, 0.05) is 6.61 Å². The average molecular weight is 236 g/mol. The molecule has 0 amide bonds. The van der Waals surface area contributed by atoms with Crippen molar-refractivity contribution in [3.05, 3.63) is 29.8 Å². The third-order valence-corrected chi connectivity index (χ3v) is 2.40. The van der Waals surface area contributed by atoms with Gasteiger partial charge in [-0.05, 0) is 44.0 Å². The van der Waals surface area contributed by atoms with Crippen molar-refractivity contribution in [3.63, 3.8) is 0 Å². The van der Waals surface area contributed by atoms with Gasteiger partial charge in [0.05, 0.1) is 7.11 Å². The highest BCUT2D eigenvalue weighted by Gasteiger charge is 2.12. The second-order valence-electron chi connectivity index (χ2n) is 3.71. The van der Waals surface area contributed by atoms with E-state index in [0.717, 1.165) is 16.9 Å². The van der Waals surface area contributed by atoms with Gasteiger partial charge in [0.25, 0.3) is 0 Å². The number of hydrogen-bond acceptors (Lipinski definition) is 3. The number of aryl methyl sites for hydroxylation is 1. The lowest BCUT2D eigenvalue weighted by atomic mass is 10.1. The van der Waals surface area contributed by atoms with Crippen molar-refractivity contribution in [2.45, 2.75) is 27.1 Å². The number of ether oxygens (including phenoxy) is 3. The fourth-order valence-electron chi connectivity index (χ4n) is 1.62. The topological polar surface area (TPSA) is 27.7 Å². The molecule has 0 saturated carbocycles. The van der Waals surface area contributed by atoms with Crippen LogP contribution in [0, 0.1) is 6.92 Å². The van der Waals surface area contributed by atoms with Gasteiger partial charge in [-0.15, -0.1) is 0 Å². The highest BCUT2D eigenvalue weighted by Crippen LogP contribution is 2.33. The van der Waals surface area contributed by atoms with Crippen LogP contribution in [0.3, 0.4) is 0 Å². The van der Waals surface area contributed by atoms with E-state index < -0.39 is 0 Å². The summed E-state index contributed by atoms with van der Waals surface area (Å²) in [7, 11) is 1.62. The van der Waals surface area contributed by atoms with Gasteiger partial charge in [-0.25, -0.2) is 0 Å². The minimum atomic E-state index is -0.290. The monoisotopic (exact) mass is 236 g/mol. The van der Waals surface area contributed by atoms with Crippen molar-refractivity contribution in [1.29, 1.82) is 0 Å². The summed E-state index contributed by atoms with van der Waals surface area (Å²) in [5.41, 5.74) is 2.02. The zero-order chi connectivity index (χ0) is 12.8. The maximum Gasteiger partial charge on any atom is 0.197 e. The number of hydrogen-bond donors (Lipinski definition) is 0. The Morgan fingerprint density at radius 3 is 2.65 bits per heavy atom. The summed E-state index contributed by atoms with van der Waals surface area (Å²) in [6.45, 7) is 10.1. The fourth-order valence-corrected chi connectivity index (χ4v) is 1.62. The van der Waals surface area contributed by atoms with E-state index in [1.165, 1.54) is 0 Å². The van der Waals surface area contributed by atoms with Crippen LogP contribution in [0.5, 0.6) is 11.5 Å². The summed E-state index contributed by atoms with van der Waals surface area (Å²) >= 11 is 0. The predicted octanol–water partition coefficient (Wildman–Crippen LogP) is 3.41. The van der Waals surface area contributed by atoms with E-state index in [-0.39, 0.29) is 6.29 Å². The molecule has 0 heterocycles. The number of methoxy groups -OCH3 is 1. The lowest BCUT2D eigenvalue weighted by Crippen LogP contribution is -2.17. The summed E-state index contributed by atoms with van der Waals surface area (Å²) in [6, 6.07) is 3.90. The Hall–Kier alpha value is -1.48. The Labute approximate surface area is 103 Å². The zero-order valence-electron chi connectivity index (χ0n) is 10.9. The van der Waals surface area contributed by atoms with Crippen LogP contribution in [0.4, 0.5) is 0 Å². The molecule has 0 aliphatic heterocycles. The van der Waals surface area contributed by atoms with E-state index in [0.29, 0.717) is 12.4 Å². The van der Waals surface area contributed by atoms with Crippen molar-refractivity contribution in [1.82, 2.24) is 0 Å². The molecule has 0 fully saturated rings. The van der Waals surface area contributed by atoms with Crippen LogP contribution in [-0.2, 0) is 4.74 Å². The molecule has 94 valence electrons. The van der Waals surface area contributed by atoms with Crippen LogP contribution in [-0.4, -0.2) is 20.0 Å². The molecule has 0 aliphatic rings. The first-order valence-corrected chi connectivity index (χ1v) is 5.71. The van der Waals surface area contributed by atoms with E-state index in [1.54, 1.807) is 13.2 Å². The van der Waals surface area contributed by atoms with Gasteiger partial charge in [0.2, 0.25) is 0 Å². The standard InChI is InChI=1S/C14H20O3/c1-6-12-8-10(3)14(13(9-12)15-5)17-11(4)16-7-2/h6,8-9,11H,1,7H2,2-5H3. The molecule has 0 bridgehead atoms. The normalized spacial score (nSPS) is 12.0. The predicted molar refractivity (Wildman–Crippen MR) is 69.5 cm³/mol. The Bertz CT molecular complexity index is 385. The Morgan fingerprint density at radius 1 is 1.41 bits per heavy atom. The highest BCUT2D eigenvalue weighted by molar-refractivity contribution is 5.58. The van der Waals surface area contributed by atoms with Crippen molar-refractivity contribution < 1.29 is 14.2 Å². The van der Waals surface area contributed by atoms with Gasteiger partial charge >= 0.3 is 0 Å². The van der Waals surface area contributed by atoms with Crippen LogP contribution in [0.2, 0.25) is 0 Å². The molecule has 1 aromatic carbocycles. The van der Waals surface area contributed by atoms with Crippen LogP contribution in [0.25, 0.3) is 6.08 Å². The number of benzene rings is 1. The smallest absolute Gasteiger partial charge is 0.197 e. The van der Waals surface area contributed by atoms with Crippen LogP contribution in [0.1, 0.15) is 25.0 Å². The molecule has 0 aromatic heterocycles. The second kappa shape index (κ2) is 6.30. The van der Waals surface area contributed by atoms with Crippen molar-refractivity contribution in [2.75, 3.05) is 13.7 Å². The lowest BCUT2D eigenvalue weighted by molar-refractivity contribution is -0.0627.